The van der Waals surface area contributed by atoms with Gasteiger partial charge in [-0.15, -0.1) is 0 Å². The zero-order valence-corrected chi connectivity index (χ0v) is 14.4. The SMILES string of the molecule is Nc1c(C(=O)O)cccc1-c1[nH]nc2ncc(Cc3cc(F)ccc3F)cc12. The van der Waals surface area contributed by atoms with E-state index in [2.05, 4.69) is 15.2 Å². The van der Waals surface area contributed by atoms with Gasteiger partial charge in [-0.3, -0.25) is 5.10 Å². The lowest BCUT2D eigenvalue weighted by atomic mass is 10.0. The fourth-order valence-electron chi connectivity index (χ4n) is 3.11. The summed E-state index contributed by atoms with van der Waals surface area (Å²) in [6, 6.07) is 9.71. The van der Waals surface area contributed by atoms with E-state index in [1.807, 2.05) is 0 Å². The highest BCUT2D eigenvalue weighted by Crippen LogP contribution is 2.32. The zero-order valence-electron chi connectivity index (χ0n) is 14.4. The van der Waals surface area contributed by atoms with E-state index in [4.69, 9.17) is 5.73 Å². The van der Waals surface area contributed by atoms with Crippen LogP contribution in [0.1, 0.15) is 21.5 Å². The number of hydrogen-bond donors (Lipinski definition) is 3. The smallest absolute Gasteiger partial charge is 0.337 e. The standard InChI is InChI=1S/C20H14F2N4O2/c21-12-4-5-16(22)11(8-12)6-10-7-15-18(25-26-19(15)24-9-10)13-2-1-3-14(17(13)23)20(27)28/h1-5,7-9H,6,23H2,(H,27,28)(H,24,25,26). The first kappa shape index (κ1) is 17.6. The average Bonchev–Trinajstić information content (AvgIpc) is 3.08. The number of rotatable bonds is 4. The minimum atomic E-state index is -1.14. The summed E-state index contributed by atoms with van der Waals surface area (Å²) in [5, 5.41) is 16.8. The number of nitrogens with zero attached hydrogens (tertiary/aromatic N) is 2. The molecule has 0 atom stereocenters. The molecule has 6 nitrogen and oxygen atoms in total. The molecular weight excluding hydrogens is 366 g/mol. The Hall–Kier alpha value is -3.81. The maximum absolute atomic E-state index is 13.9. The van der Waals surface area contributed by atoms with Crippen LogP contribution in [0.15, 0.2) is 48.7 Å². The second-order valence-electron chi connectivity index (χ2n) is 6.30. The molecule has 0 aliphatic rings. The zero-order chi connectivity index (χ0) is 19.8. The summed E-state index contributed by atoms with van der Waals surface area (Å²) in [4.78, 5) is 15.6. The van der Waals surface area contributed by atoms with Crippen LogP contribution < -0.4 is 5.73 Å². The van der Waals surface area contributed by atoms with Gasteiger partial charge in [-0.1, -0.05) is 12.1 Å². The summed E-state index contributed by atoms with van der Waals surface area (Å²) < 4.78 is 27.4. The number of aromatic amines is 1. The van der Waals surface area contributed by atoms with Crippen molar-refractivity contribution < 1.29 is 18.7 Å². The van der Waals surface area contributed by atoms with Crippen LogP contribution in [0.4, 0.5) is 14.5 Å². The van der Waals surface area contributed by atoms with Crippen LogP contribution >= 0.6 is 0 Å². The number of pyridine rings is 1. The molecule has 4 rings (SSSR count). The van der Waals surface area contributed by atoms with Gasteiger partial charge >= 0.3 is 5.97 Å². The molecule has 2 aromatic carbocycles. The maximum Gasteiger partial charge on any atom is 0.337 e. The van der Waals surface area contributed by atoms with Gasteiger partial charge in [0.15, 0.2) is 5.65 Å². The van der Waals surface area contributed by atoms with Crippen molar-refractivity contribution in [2.75, 3.05) is 5.73 Å². The Labute approximate surface area is 157 Å². The molecule has 0 bridgehead atoms. The number of carbonyl (C=O) groups is 1. The first-order chi connectivity index (χ1) is 13.4. The van der Waals surface area contributed by atoms with Crippen molar-refractivity contribution in [1.29, 1.82) is 0 Å². The molecule has 4 aromatic rings. The lowest BCUT2D eigenvalue weighted by Gasteiger charge is -2.08. The van der Waals surface area contributed by atoms with E-state index in [-0.39, 0.29) is 23.2 Å². The van der Waals surface area contributed by atoms with Gasteiger partial charge in [-0.2, -0.15) is 5.10 Å². The number of benzene rings is 2. The number of carboxylic acid groups (broad SMARTS) is 1. The normalized spacial score (nSPS) is 11.1. The largest absolute Gasteiger partial charge is 0.478 e. The highest BCUT2D eigenvalue weighted by atomic mass is 19.1. The molecule has 0 radical (unpaired) electrons. The number of nitrogens with one attached hydrogen (secondary N) is 1. The van der Waals surface area contributed by atoms with Crippen molar-refractivity contribution in [1.82, 2.24) is 15.2 Å². The minimum Gasteiger partial charge on any atom is -0.478 e. The summed E-state index contributed by atoms with van der Waals surface area (Å²) in [6.07, 6.45) is 1.68. The molecule has 0 unspecified atom stereocenters. The third kappa shape index (κ3) is 3.05. The first-order valence-electron chi connectivity index (χ1n) is 8.33. The molecule has 2 heterocycles. The molecule has 140 valence electrons. The lowest BCUT2D eigenvalue weighted by molar-refractivity contribution is 0.0698. The van der Waals surface area contributed by atoms with Gasteiger partial charge < -0.3 is 10.8 Å². The second kappa shape index (κ2) is 6.73. The number of fused-ring (bicyclic) bond motifs is 1. The monoisotopic (exact) mass is 380 g/mol. The molecule has 0 amide bonds. The van der Waals surface area contributed by atoms with E-state index in [0.717, 1.165) is 18.2 Å². The Morgan fingerprint density at radius 2 is 2.00 bits per heavy atom. The van der Waals surface area contributed by atoms with Crippen LogP contribution in [-0.2, 0) is 6.42 Å². The summed E-state index contributed by atoms with van der Waals surface area (Å²) in [5.74, 6) is -2.16. The molecular formula is C20H14F2N4O2. The molecule has 4 N–H and O–H groups in total. The number of para-hydroxylation sites is 1. The van der Waals surface area contributed by atoms with E-state index < -0.39 is 17.6 Å². The molecule has 0 aliphatic heterocycles. The third-order valence-corrected chi connectivity index (χ3v) is 4.47. The first-order valence-corrected chi connectivity index (χ1v) is 8.33. The van der Waals surface area contributed by atoms with Gasteiger partial charge in [0.1, 0.15) is 11.6 Å². The predicted molar refractivity (Wildman–Crippen MR) is 99.9 cm³/mol. The Kier molecular flexibility index (Phi) is 4.23. The molecule has 0 aliphatic carbocycles. The van der Waals surface area contributed by atoms with E-state index in [1.54, 1.807) is 18.2 Å². The van der Waals surface area contributed by atoms with E-state index in [1.165, 1.54) is 12.3 Å². The predicted octanol–water partition coefficient (Wildman–Crippen LogP) is 3.77. The highest BCUT2D eigenvalue weighted by Gasteiger charge is 2.17. The number of nitrogen functional groups attached to an aromatic ring is 1. The molecule has 0 spiro atoms. The van der Waals surface area contributed by atoms with E-state index in [9.17, 15) is 18.7 Å². The number of aromatic nitrogens is 3. The number of halogens is 2. The average molecular weight is 380 g/mol. The van der Waals surface area contributed by atoms with Crippen LogP contribution in [0.2, 0.25) is 0 Å². The second-order valence-corrected chi connectivity index (χ2v) is 6.30. The summed E-state index contributed by atoms with van der Waals surface area (Å²) >= 11 is 0. The van der Waals surface area contributed by atoms with Crippen LogP contribution in [0.5, 0.6) is 0 Å². The van der Waals surface area contributed by atoms with Gasteiger partial charge in [-0.05, 0) is 41.5 Å². The van der Waals surface area contributed by atoms with Gasteiger partial charge in [0.2, 0.25) is 0 Å². The number of carboxylic acids is 1. The molecule has 28 heavy (non-hydrogen) atoms. The number of H-pyrrole nitrogens is 1. The fourth-order valence-corrected chi connectivity index (χ4v) is 3.11. The lowest BCUT2D eigenvalue weighted by Crippen LogP contribution is -2.03. The molecule has 0 saturated carbocycles. The number of nitrogens with two attached hydrogens (primary N) is 1. The Morgan fingerprint density at radius 3 is 2.79 bits per heavy atom. The van der Waals surface area contributed by atoms with Gasteiger partial charge in [0.05, 0.1) is 16.9 Å². The van der Waals surface area contributed by atoms with E-state index >= 15 is 0 Å². The molecule has 8 heteroatoms. The van der Waals surface area contributed by atoms with Crippen LogP contribution in [-0.4, -0.2) is 26.3 Å². The topological polar surface area (TPSA) is 105 Å². The van der Waals surface area contributed by atoms with E-state index in [0.29, 0.717) is 27.9 Å². The van der Waals surface area contributed by atoms with Gasteiger partial charge in [0, 0.05) is 23.6 Å². The van der Waals surface area contributed by atoms with Crippen LogP contribution in [0.3, 0.4) is 0 Å². The fraction of sp³-hybridized carbons (Fsp3) is 0.0500. The Balaban J connectivity index is 1.80. The third-order valence-electron chi connectivity index (χ3n) is 4.47. The van der Waals surface area contributed by atoms with Gasteiger partial charge in [-0.25, -0.2) is 18.6 Å². The highest BCUT2D eigenvalue weighted by molar-refractivity contribution is 6.01. The van der Waals surface area contributed by atoms with Crippen molar-refractivity contribution in [3.63, 3.8) is 0 Å². The number of anilines is 1. The molecule has 0 fully saturated rings. The molecule has 2 aromatic heterocycles. The molecule has 0 saturated heterocycles. The summed E-state index contributed by atoms with van der Waals surface area (Å²) in [7, 11) is 0. The number of hydrogen-bond acceptors (Lipinski definition) is 4. The van der Waals surface area contributed by atoms with Crippen molar-refractivity contribution in [2.45, 2.75) is 6.42 Å². The van der Waals surface area contributed by atoms with Crippen molar-refractivity contribution in [2.24, 2.45) is 0 Å². The number of aromatic carboxylic acids is 1. The maximum atomic E-state index is 13.9. The Morgan fingerprint density at radius 1 is 1.18 bits per heavy atom. The van der Waals surface area contributed by atoms with Crippen LogP contribution in [0.25, 0.3) is 22.3 Å². The summed E-state index contributed by atoms with van der Waals surface area (Å²) in [5.41, 5.74) is 8.33. The van der Waals surface area contributed by atoms with Crippen molar-refractivity contribution in [3.8, 4) is 11.3 Å². The van der Waals surface area contributed by atoms with Crippen molar-refractivity contribution >= 4 is 22.7 Å². The Bertz CT molecular complexity index is 1220. The van der Waals surface area contributed by atoms with Gasteiger partial charge in [0.25, 0.3) is 0 Å². The quantitative estimate of drug-likeness (QED) is 0.468. The van der Waals surface area contributed by atoms with Crippen LogP contribution in [0, 0.1) is 11.6 Å². The summed E-state index contributed by atoms with van der Waals surface area (Å²) in [6.45, 7) is 0. The van der Waals surface area contributed by atoms with Crippen molar-refractivity contribution in [3.05, 3.63) is 77.0 Å². The minimum absolute atomic E-state index is 0.0220.